The second-order valence-corrected chi connectivity index (χ2v) is 8.81. The van der Waals surface area contributed by atoms with Crippen LogP contribution in [0.4, 0.5) is 0 Å². The van der Waals surface area contributed by atoms with E-state index in [1.54, 1.807) is 0 Å². The van der Waals surface area contributed by atoms with Crippen molar-refractivity contribution in [1.82, 2.24) is 0 Å². The molecule has 1 heteroatoms. The molecule has 0 aliphatic heterocycles. The summed E-state index contributed by atoms with van der Waals surface area (Å²) in [7, 11) is 0. The number of carbonyl (C=O) groups is 1. The van der Waals surface area contributed by atoms with Gasteiger partial charge >= 0.3 is 0 Å². The maximum atomic E-state index is 14.5. The molecule has 2 unspecified atom stereocenters. The number of aryl methyl sites for hydroxylation is 4. The van der Waals surface area contributed by atoms with Gasteiger partial charge in [0.25, 0.3) is 0 Å². The Labute approximate surface area is 191 Å². The number of rotatable bonds is 6. The third-order valence-corrected chi connectivity index (χ3v) is 6.31. The van der Waals surface area contributed by atoms with Crippen LogP contribution < -0.4 is 0 Å². The van der Waals surface area contributed by atoms with Crippen molar-refractivity contribution >= 4 is 5.78 Å². The Balaban J connectivity index is 1.92. The summed E-state index contributed by atoms with van der Waals surface area (Å²) < 4.78 is 0. The average molecular weight is 419 g/mol. The highest BCUT2D eigenvalue weighted by atomic mass is 16.1. The Hall–Kier alpha value is -3.45. The van der Waals surface area contributed by atoms with Crippen molar-refractivity contribution in [2.75, 3.05) is 0 Å². The normalized spacial score (nSPS) is 12.9. The summed E-state index contributed by atoms with van der Waals surface area (Å²) in [6, 6.07) is 33.2. The van der Waals surface area contributed by atoms with Crippen LogP contribution in [0.2, 0.25) is 0 Å². The summed E-state index contributed by atoms with van der Waals surface area (Å²) in [5.41, 5.74) is 8.96. The van der Waals surface area contributed by atoms with Gasteiger partial charge in [-0.15, -0.1) is 0 Å². The number of Topliss-reactive ketones (excluding diaryl/α,β-unsaturated/α-hetero) is 1. The summed E-state index contributed by atoms with van der Waals surface area (Å²) in [6.07, 6.45) is 0. The summed E-state index contributed by atoms with van der Waals surface area (Å²) in [5, 5.41) is 0. The van der Waals surface area contributed by atoms with Crippen LogP contribution in [-0.4, -0.2) is 5.78 Å². The van der Waals surface area contributed by atoms with Gasteiger partial charge in [0.1, 0.15) is 0 Å². The minimum atomic E-state index is -0.331. The van der Waals surface area contributed by atoms with E-state index in [1.807, 2.05) is 36.4 Å². The molecule has 0 saturated heterocycles. The monoisotopic (exact) mass is 418 g/mol. The molecule has 1 nitrogen and oxygen atoms in total. The first-order valence-electron chi connectivity index (χ1n) is 11.2. The molecular formula is C31H30O. The molecule has 0 N–H and O–H groups in total. The van der Waals surface area contributed by atoms with Crippen LogP contribution in [0.1, 0.15) is 56.3 Å². The molecule has 32 heavy (non-hydrogen) atoms. The first-order valence-corrected chi connectivity index (χ1v) is 11.2. The zero-order valence-corrected chi connectivity index (χ0v) is 19.3. The molecule has 2 atom stereocenters. The summed E-state index contributed by atoms with van der Waals surface area (Å²) in [6.45, 7) is 8.41. The molecular weight excluding hydrogens is 388 g/mol. The number of benzene rings is 4. The molecule has 0 fully saturated rings. The molecule has 0 spiro atoms. The lowest BCUT2D eigenvalue weighted by molar-refractivity contribution is -0.120. The first-order chi connectivity index (χ1) is 15.5. The second-order valence-electron chi connectivity index (χ2n) is 8.81. The van der Waals surface area contributed by atoms with E-state index < -0.39 is 0 Å². The van der Waals surface area contributed by atoms with Gasteiger partial charge in [-0.3, -0.25) is 4.79 Å². The highest BCUT2D eigenvalue weighted by Gasteiger charge is 2.33. The molecule has 4 aromatic carbocycles. The molecule has 4 rings (SSSR count). The third-order valence-electron chi connectivity index (χ3n) is 6.31. The van der Waals surface area contributed by atoms with Crippen molar-refractivity contribution in [2.45, 2.75) is 39.5 Å². The lowest BCUT2D eigenvalue weighted by atomic mass is 9.75. The minimum Gasteiger partial charge on any atom is -0.298 e. The predicted molar refractivity (Wildman–Crippen MR) is 133 cm³/mol. The third kappa shape index (κ3) is 4.43. The Bertz CT molecular complexity index is 1130. The first kappa shape index (κ1) is 21.8. The van der Waals surface area contributed by atoms with Gasteiger partial charge in [0, 0.05) is 0 Å². The lowest BCUT2D eigenvalue weighted by Crippen LogP contribution is -2.24. The smallest absolute Gasteiger partial charge is 0.156 e. The van der Waals surface area contributed by atoms with Crippen LogP contribution in [0, 0.1) is 27.7 Å². The molecule has 0 aromatic heterocycles. The van der Waals surface area contributed by atoms with Crippen molar-refractivity contribution in [3.8, 4) is 0 Å². The second kappa shape index (κ2) is 9.36. The van der Waals surface area contributed by atoms with Crippen LogP contribution in [0.15, 0.2) is 97.1 Å². The maximum Gasteiger partial charge on any atom is 0.156 e. The zero-order valence-electron chi connectivity index (χ0n) is 19.3. The molecule has 0 aliphatic rings. The van der Waals surface area contributed by atoms with Gasteiger partial charge in [-0.25, -0.2) is 0 Å². The van der Waals surface area contributed by atoms with Crippen LogP contribution in [0.3, 0.4) is 0 Å². The van der Waals surface area contributed by atoms with Crippen LogP contribution in [0.25, 0.3) is 0 Å². The topological polar surface area (TPSA) is 17.1 Å². The van der Waals surface area contributed by atoms with Crippen LogP contribution in [-0.2, 0) is 4.79 Å². The van der Waals surface area contributed by atoms with Gasteiger partial charge < -0.3 is 0 Å². The highest BCUT2D eigenvalue weighted by Crippen LogP contribution is 2.38. The summed E-state index contributed by atoms with van der Waals surface area (Å²) >= 11 is 0. The number of hydrogen-bond donors (Lipinski definition) is 0. The van der Waals surface area contributed by atoms with Crippen molar-refractivity contribution in [2.24, 2.45) is 0 Å². The molecule has 0 radical (unpaired) electrons. The fraction of sp³-hybridized carbons (Fsp3) is 0.194. The zero-order chi connectivity index (χ0) is 22.7. The van der Waals surface area contributed by atoms with Gasteiger partial charge in [0.05, 0.1) is 11.8 Å². The maximum absolute atomic E-state index is 14.5. The van der Waals surface area contributed by atoms with E-state index >= 15 is 0 Å². The lowest BCUT2D eigenvalue weighted by Gasteiger charge is -2.26. The number of carbonyl (C=O) groups excluding carboxylic acids is 1. The number of ketones is 1. The Morgan fingerprint density at radius 1 is 0.531 bits per heavy atom. The SMILES string of the molecule is Cc1ccc(C(C(=O)C(c2ccccc2)c2ccc(C)cc2C)c2ccccc2)c(C)c1. The summed E-state index contributed by atoms with van der Waals surface area (Å²) in [4.78, 5) is 14.5. The van der Waals surface area contributed by atoms with Gasteiger partial charge in [0.2, 0.25) is 0 Å². The average Bonchev–Trinajstić information content (AvgIpc) is 2.79. The van der Waals surface area contributed by atoms with E-state index in [2.05, 4.69) is 88.4 Å². The van der Waals surface area contributed by atoms with Gasteiger partial charge in [-0.2, -0.15) is 0 Å². The van der Waals surface area contributed by atoms with Gasteiger partial charge in [-0.1, -0.05) is 108 Å². The van der Waals surface area contributed by atoms with E-state index in [1.165, 1.54) is 11.1 Å². The molecule has 4 aromatic rings. The van der Waals surface area contributed by atoms with E-state index in [0.29, 0.717) is 0 Å². The van der Waals surface area contributed by atoms with Crippen LogP contribution >= 0.6 is 0 Å². The van der Waals surface area contributed by atoms with E-state index in [-0.39, 0.29) is 17.6 Å². The summed E-state index contributed by atoms with van der Waals surface area (Å²) in [5.74, 6) is -0.452. The molecule has 160 valence electrons. The van der Waals surface area contributed by atoms with E-state index in [0.717, 1.165) is 33.4 Å². The van der Waals surface area contributed by atoms with Crippen molar-refractivity contribution < 1.29 is 4.79 Å². The van der Waals surface area contributed by atoms with Crippen LogP contribution in [0.5, 0.6) is 0 Å². The fourth-order valence-corrected chi connectivity index (χ4v) is 4.75. The Morgan fingerprint density at radius 2 is 0.906 bits per heavy atom. The fourth-order valence-electron chi connectivity index (χ4n) is 4.75. The number of hydrogen-bond acceptors (Lipinski definition) is 1. The van der Waals surface area contributed by atoms with Crippen molar-refractivity contribution in [1.29, 1.82) is 0 Å². The predicted octanol–water partition coefficient (Wildman–Crippen LogP) is 7.45. The standard InChI is InChI=1S/C31H30O/c1-21-15-17-27(23(3)19-21)29(25-11-7-5-8-12-25)31(32)30(26-13-9-6-10-14-26)28-18-16-22(2)20-24(28)4/h5-20,29-30H,1-4H3. The van der Waals surface area contributed by atoms with Crippen molar-refractivity contribution in [3.05, 3.63) is 142 Å². The minimum absolute atomic E-state index is 0.210. The van der Waals surface area contributed by atoms with Gasteiger partial charge in [-0.05, 0) is 61.1 Å². The Morgan fingerprint density at radius 3 is 1.25 bits per heavy atom. The molecule has 0 bridgehead atoms. The Kier molecular flexibility index (Phi) is 6.37. The van der Waals surface area contributed by atoms with Crippen molar-refractivity contribution in [3.63, 3.8) is 0 Å². The largest absolute Gasteiger partial charge is 0.298 e. The quantitative estimate of drug-likeness (QED) is 0.318. The van der Waals surface area contributed by atoms with E-state index in [9.17, 15) is 4.79 Å². The van der Waals surface area contributed by atoms with E-state index in [4.69, 9.17) is 0 Å². The highest BCUT2D eigenvalue weighted by molar-refractivity contribution is 5.97. The molecule has 0 amide bonds. The molecule has 0 aliphatic carbocycles. The molecule has 0 heterocycles. The van der Waals surface area contributed by atoms with Gasteiger partial charge in [0.15, 0.2) is 5.78 Å². The molecule has 0 saturated carbocycles.